The average molecular weight is 347 g/mol. The fourth-order valence-electron chi connectivity index (χ4n) is 3.16. The fraction of sp³-hybridized carbons (Fsp3) is 0.273. The molecule has 0 radical (unpaired) electrons. The number of rotatable bonds is 7. The van der Waals surface area contributed by atoms with Crippen LogP contribution < -0.4 is 5.32 Å². The number of aromatic nitrogens is 2. The van der Waals surface area contributed by atoms with Gasteiger partial charge in [-0.2, -0.15) is 0 Å². The van der Waals surface area contributed by atoms with Gasteiger partial charge in [-0.25, -0.2) is 4.98 Å². The van der Waals surface area contributed by atoms with Gasteiger partial charge >= 0.3 is 0 Å². The summed E-state index contributed by atoms with van der Waals surface area (Å²) in [5.74, 6) is 1.06. The summed E-state index contributed by atoms with van der Waals surface area (Å²) < 4.78 is 2.11. The second-order valence-corrected chi connectivity index (χ2v) is 6.73. The van der Waals surface area contributed by atoms with Gasteiger partial charge in [0.15, 0.2) is 0 Å². The van der Waals surface area contributed by atoms with Crippen LogP contribution in [0.4, 0.5) is 0 Å². The van der Waals surface area contributed by atoms with Gasteiger partial charge in [-0.3, -0.25) is 4.79 Å². The van der Waals surface area contributed by atoms with Crippen LogP contribution in [0.1, 0.15) is 29.8 Å². The van der Waals surface area contributed by atoms with Crippen molar-refractivity contribution in [2.45, 2.75) is 26.3 Å². The molecule has 1 atom stereocenters. The number of amides is 1. The van der Waals surface area contributed by atoms with Crippen LogP contribution in [-0.2, 0) is 11.3 Å². The minimum Gasteiger partial charge on any atom is -0.355 e. The zero-order valence-corrected chi connectivity index (χ0v) is 15.3. The van der Waals surface area contributed by atoms with Crippen LogP contribution in [0.15, 0.2) is 73.1 Å². The summed E-state index contributed by atoms with van der Waals surface area (Å²) in [6.07, 6.45) is 3.78. The number of hydrogen-bond acceptors (Lipinski definition) is 2. The number of benzene rings is 2. The quantitative estimate of drug-likeness (QED) is 0.707. The van der Waals surface area contributed by atoms with Crippen molar-refractivity contribution in [1.29, 1.82) is 0 Å². The minimum absolute atomic E-state index is 0.0385. The number of carbonyl (C=O) groups excluding carboxylic acids is 1. The van der Waals surface area contributed by atoms with Gasteiger partial charge in [0.05, 0.1) is 5.92 Å². The molecule has 0 aliphatic heterocycles. The minimum atomic E-state index is -0.292. The normalized spacial score (nSPS) is 12.1. The first-order chi connectivity index (χ1) is 12.6. The SMILES string of the molecule is Cc1nccn1CC(C)CNC(=O)C(c1ccccc1)c1ccccc1. The van der Waals surface area contributed by atoms with E-state index in [1.54, 1.807) is 0 Å². The Labute approximate surface area is 154 Å². The summed E-state index contributed by atoms with van der Waals surface area (Å²) in [5.41, 5.74) is 2.02. The summed E-state index contributed by atoms with van der Waals surface area (Å²) in [6, 6.07) is 19.9. The molecule has 0 fully saturated rings. The highest BCUT2D eigenvalue weighted by Crippen LogP contribution is 2.24. The van der Waals surface area contributed by atoms with Gasteiger partial charge < -0.3 is 9.88 Å². The molecule has 1 amide bonds. The second-order valence-electron chi connectivity index (χ2n) is 6.73. The van der Waals surface area contributed by atoms with Crippen LogP contribution in [0.5, 0.6) is 0 Å². The molecule has 0 aliphatic carbocycles. The Hall–Kier alpha value is -2.88. The third kappa shape index (κ3) is 4.39. The van der Waals surface area contributed by atoms with Crippen molar-refractivity contribution in [1.82, 2.24) is 14.9 Å². The van der Waals surface area contributed by atoms with E-state index in [9.17, 15) is 4.79 Å². The van der Waals surface area contributed by atoms with Crippen LogP contribution in [0, 0.1) is 12.8 Å². The largest absolute Gasteiger partial charge is 0.355 e. The first kappa shape index (κ1) is 17.9. The molecule has 0 spiro atoms. The van der Waals surface area contributed by atoms with Crippen molar-refractivity contribution in [3.8, 4) is 0 Å². The van der Waals surface area contributed by atoms with Crippen LogP contribution >= 0.6 is 0 Å². The monoisotopic (exact) mass is 347 g/mol. The maximum Gasteiger partial charge on any atom is 0.232 e. The predicted molar refractivity (Wildman–Crippen MR) is 104 cm³/mol. The topological polar surface area (TPSA) is 46.9 Å². The lowest BCUT2D eigenvalue weighted by atomic mass is 9.90. The first-order valence-corrected chi connectivity index (χ1v) is 9.00. The molecule has 0 aliphatic rings. The zero-order chi connectivity index (χ0) is 18.4. The van der Waals surface area contributed by atoms with Crippen LogP contribution in [0.2, 0.25) is 0 Å². The maximum absolute atomic E-state index is 13.0. The van der Waals surface area contributed by atoms with E-state index in [2.05, 4.69) is 21.8 Å². The lowest BCUT2D eigenvalue weighted by Crippen LogP contribution is -2.34. The summed E-state index contributed by atoms with van der Waals surface area (Å²) in [7, 11) is 0. The molecular weight excluding hydrogens is 322 g/mol. The molecule has 3 aromatic rings. The Kier molecular flexibility index (Phi) is 5.84. The van der Waals surface area contributed by atoms with Crippen molar-refractivity contribution in [3.63, 3.8) is 0 Å². The number of nitrogens with one attached hydrogen (secondary N) is 1. The molecule has 2 aromatic carbocycles. The summed E-state index contributed by atoms with van der Waals surface area (Å²) in [6.45, 7) is 5.60. The first-order valence-electron chi connectivity index (χ1n) is 9.00. The number of imidazole rings is 1. The number of nitrogens with zero attached hydrogens (tertiary/aromatic N) is 2. The number of carbonyl (C=O) groups is 1. The van der Waals surface area contributed by atoms with E-state index in [0.29, 0.717) is 12.5 Å². The third-order valence-corrected chi connectivity index (χ3v) is 4.58. The van der Waals surface area contributed by atoms with Gasteiger partial charge in [-0.05, 0) is 24.0 Å². The van der Waals surface area contributed by atoms with Crippen molar-refractivity contribution in [3.05, 3.63) is 90.0 Å². The highest BCUT2D eigenvalue weighted by atomic mass is 16.1. The molecular formula is C22H25N3O. The molecule has 4 heteroatoms. The standard InChI is InChI=1S/C22H25N3O/c1-17(16-25-14-13-23-18(25)2)15-24-22(26)21(19-9-5-3-6-10-19)20-11-7-4-8-12-20/h3-14,17,21H,15-16H2,1-2H3,(H,24,26). The van der Waals surface area contributed by atoms with Crippen LogP contribution in [0.3, 0.4) is 0 Å². The highest BCUT2D eigenvalue weighted by molar-refractivity contribution is 5.87. The third-order valence-electron chi connectivity index (χ3n) is 4.58. The van der Waals surface area contributed by atoms with Crippen molar-refractivity contribution in [2.75, 3.05) is 6.54 Å². The zero-order valence-electron chi connectivity index (χ0n) is 15.3. The van der Waals surface area contributed by atoms with E-state index in [0.717, 1.165) is 23.5 Å². The molecule has 1 unspecified atom stereocenters. The summed E-state index contributed by atoms with van der Waals surface area (Å²) in [5, 5.41) is 3.14. The fourth-order valence-corrected chi connectivity index (χ4v) is 3.16. The van der Waals surface area contributed by atoms with Gasteiger partial charge in [0.2, 0.25) is 5.91 Å². The Balaban J connectivity index is 1.69. The molecule has 26 heavy (non-hydrogen) atoms. The van der Waals surface area contributed by atoms with E-state index in [1.807, 2.05) is 80.0 Å². The Morgan fingerprint density at radius 1 is 1.04 bits per heavy atom. The van der Waals surface area contributed by atoms with Gasteiger partial charge in [-0.1, -0.05) is 67.6 Å². The smallest absolute Gasteiger partial charge is 0.232 e. The molecule has 1 N–H and O–H groups in total. The molecule has 0 saturated heterocycles. The van der Waals surface area contributed by atoms with Crippen molar-refractivity contribution < 1.29 is 4.79 Å². The van der Waals surface area contributed by atoms with E-state index in [4.69, 9.17) is 0 Å². The lowest BCUT2D eigenvalue weighted by molar-refractivity contribution is -0.121. The average Bonchev–Trinajstić information content (AvgIpc) is 3.07. The van der Waals surface area contributed by atoms with E-state index in [-0.39, 0.29) is 11.8 Å². The lowest BCUT2D eigenvalue weighted by Gasteiger charge is -2.20. The van der Waals surface area contributed by atoms with Gasteiger partial charge in [0.1, 0.15) is 5.82 Å². The molecule has 4 nitrogen and oxygen atoms in total. The van der Waals surface area contributed by atoms with E-state index >= 15 is 0 Å². The van der Waals surface area contributed by atoms with Crippen LogP contribution in [0.25, 0.3) is 0 Å². The van der Waals surface area contributed by atoms with Gasteiger partial charge in [0, 0.05) is 25.5 Å². The molecule has 3 rings (SSSR count). The van der Waals surface area contributed by atoms with Gasteiger partial charge in [0.25, 0.3) is 0 Å². The molecule has 1 aromatic heterocycles. The molecule has 0 bridgehead atoms. The molecule has 0 saturated carbocycles. The van der Waals surface area contributed by atoms with Crippen LogP contribution in [-0.4, -0.2) is 22.0 Å². The van der Waals surface area contributed by atoms with Gasteiger partial charge in [-0.15, -0.1) is 0 Å². The number of aryl methyl sites for hydroxylation is 1. The summed E-state index contributed by atoms with van der Waals surface area (Å²) in [4.78, 5) is 17.2. The molecule has 1 heterocycles. The van der Waals surface area contributed by atoms with Crippen molar-refractivity contribution in [2.24, 2.45) is 5.92 Å². The Morgan fingerprint density at radius 2 is 1.62 bits per heavy atom. The molecule has 134 valence electrons. The number of hydrogen-bond donors (Lipinski definition) is 1. The highest BCUT2D eigenvalue weighted by Gasteiger charge is 2.22. The van der Waals surface area contributed by atoms with Crippen molar-refractivity contribution >= 4 is 5.91 Å². The summed E-state index contributed by atoms with van der Waals surface area (Å²) >= 11 is 0. The predicted octanol–water partition coefficient (Wildman–Crippen LogP) is 3.78. The maximum atomic E-state index is 13.0. The Morgan fingerprint density at radius 3 is 2.12 bits per heavy atom. The Bertz CT molecular complexity index is 787. The van der Waals surface area contributed by atoms with E-state index in [1.165, 1.54) is 0 Å². The second kappa shape index (κ2) is 8.48. The van der Waals surface area contributed by atoms with E-state index < -0.39 is 0 Å².